The molecular weight excluding hydrogens is 420 g/mol. The second-order valence-corrected chi connectivity index (χ2v) is 8.93. The molecule has 1 amide bonds. The molecule has 1 fully saturated rings. The van der Waals surface area contributed by atoms with E-state index in [2.05, 4.69) is 10.1 Å². The highest BCUT2D eigenvalue weighted by atomic mass is 35.5. The molecule has 1 aromatic carbocycles. The number of fused-ring (bicyclic) bond motifs is 1. The van der Waals surface area contributed by atoms with E-state index in [0.717, 1.165) is 23.4 Å². The fraction of sp³-hybridized carbons (Fsp3) is 0.273. The van der Waals surface area contributed by atoms with Crippen LogP contribution in [-0.4, -0.2) is 27.0 Å². The Labute approximate surface area is 183 Å². The molecule has 2 aromatic rings. The van der Waals surface area contributed by atoms with E-state index in [1.807, 2.05) is 24.3 Å². The number of aliphatic imine (C=N–C) groups is 1. The molecular formula is C22H19ClN4O2S. The van der Waals surface area contributed by atoms with Crippen LogP contribution in [0, 0.1) is 11.3 Å². The minimum absolute atomic E-state index is 0.0315. The predicted octanol–water partition coefficient (Wildman–Crippen LogP) is 5.80. The molecule has 1 saturated carbocycles. The summed E-state index contributed by atoms with van der Waals surface area (Å²) in [6, 6.07) is 10.9. The minimum Gasteiger partial charge on any atom is -0.457 e. The van der Waals surface area contributed by atoms with Crippen molar-refractivity contribution in [3.05, 3.63) is 52.8 Å². The zero-order valence-electron chi connectivity index (χ0n) is 16.1. The average Bonchev–Trinajstić information content (AvgIpc) is 3.39. The second kappa shape index (κ2) is 7.89. The quantitative estimate of drug-likeness (QED) is 0.614. The van der Waals surface area contributed by atoms with E-state index in [1.54, 1.807) is 18.2 Å². The molecule has 6 nitrogen and oxygen atoms in total. The van der Waals surface area contributed by atoms with Crippen LogP contribution in [0.15, 0.2) is 56.5 Å². The Balaban J connectivity index is 1.41. The van der Waals surface area contributed by atoms with Gasteiger partial charge in [0.05, 0.1) is 5.57 Å². The number of halogens is 1. The summed E-state index contributed by atoms with van der Waals surface area (Å²) in [6.45, 7) is 0. The molecule has 0 bridgehead atoms. The molecule has 0 saturated heterocycles. The maximum absolute atomic E-state index is 12.6. The third kappa shape index (κ3) is 3.63. The Morgan fingerprint density at radius 1 is 1.20 bits per heavy atom. The molecule has 1 aliphatic carbocycles. The van der Waals surface area contributed by atoms with E-state index >= 15 is 0 Å². The minimum atomic E-state index is -0.445. The zero-order valence-corrected chi connectivity index (χ0v) is 17.7. The van der Waals surface area contributed by atoms with Crippen molar-refractivity contribution in [1.29, 1.82) is 5.41 Å². The highest BCUT2D eigenvalue weighted by molar-refractivity contribution is 8.27. The third-order valence-electron chi connectivity index (χ3n) is 5.45. The molecule has 8 heteroatoms. The number of nitrogens with zero attached hydrogens (tertiary/aromatic N) is 3. The molecule has 5 rings (SSSR count). The first-order valence-corrected chi connectivity index (χ1v) is 11.1. The summed E-state index contributed by atoms with van der Waals surface area (Å²) in [5.74, 6) is 1.10. The van der Waals surface area contributed by atoms with Gasteiger partial charge in [-0.25, -0.2) is 0 Å². The Bertz CT molecular complexity index is 1130. The molecule has 0 unspecified atom stereocenters. The van der Waals surface area contributed by atoms with Crippen LogP contribution >= 0.6 is 23.4 Å². The average molecular weight is 439 g/mol. The number of carbonyl (C=O) groups excluding carboxylic acids is 1. The largest absolute Gasteiger partial charge is 0.457 e. The van der Waals surface area contributed by atoms with Crippen molar-refractivity contribution in [2.45, 2.75) is 32.1 Å². The Morgan fingerprint density at radius 3 is 2.83 bits per heavy atom. The summed E-state index contributed by atoms with van der Waals surface area (Å²) in [5.41, 5.74) is 1.01. The number of nitrogens with one attached hydrogen (secondary N) is 1. The van der Waals surface area contributed by atoms with Gasteiger partial charge in [-0.2, -0.15) is 15.1 Å². The number of benzene rings is 1. The molecule has 2 aliphatic heterocycles. The van der Waals surface area contributed by atoms with Gasteiger partial charge in [-0.15, -0.1) is 0 Å². The SMILES string of the molecule is N=C1/C(=C/c2ccc(-c3cccc(Cl)c3)o2)C(=O)N=C2SC(C3CCCCC3)=NN12. The topological polar surface area (TPSA) is 82.0 Å². The van der Waals surface area contributed by atoms with E-state index in [0.29, 0.717) is 27.6 Å². The van der Waals surface area contributed by atoms with Gasteiger partial charge in [-0.3, -0.25) is 10.2 Å². The highest BCUT2D eigenvalue weighted by Gasteiger charge is 2.38. The fourth-order valence-corrected chi connectivity index (χ4v) is 5.14. The van der Waals surface area contributed by atoms with Crippen LogP contribution < -0.4 is 0 Å². The first-order valence-electron chi connectivity index (χ1n) is 9.94. The van der Waals surface area contributed by atoms with E-state index in [9.17, 15) is 4.79 Å². The summed E-state index contributed by atoms with van der Waals surface area (Å²) in [4.78, 5) is 16.8. The number of amides is 1. The van der Waals surface area contributed by atoms with Crippen molar-refractivity contribution in [2.75, 3.05) is 0 Å². The van der Waals surface area contributed by atoms with E-state index in [4.69, 9.17) is 21.4 Å². The number of thioether (sulfide) groups is 1. The van der Waals surface area contributed by atoms with Gasteiger partial charge in [-0.05, 0) is 54.9 Å². The van der Waals surface area contributed by atoms with Crippen LogP contribution in [0.5, 0.6) is 0 Å². The van der Waals surface area contributed by atoms with E-state index < -0.39 is 5.91 Å². The summed E-state index contributed by atoms with van der Waals surface area (Å²) >= 11 is 7.47. The summed E-state index contributed by atoms with van der Waals surface area (Å²) < 4.78 is 5.86. The smallest absolute Gasteiger partial charge is 0.283 e. The predicted molar refractivity (Wildman–Crippen MR) is 121 cm³/mol. The van der Waals surface area contributed by atoms with Crippen molar-refractivity contribution >= 4 is 51.4 Å². The van der Waals surface area contributed by atoms with Crippen LogP contribution in [0.25, 0.3) is 17.4 Å². The lowest BCUT2D eigenvalue weighted by molar-refractivity contribution is -0.114. The van der Waals surface area contributed by atoms with Crippen molar-refractivity contribution in [1.82, 2.24) is 5.01 Å². The molecule has 1 aromatic heterocycles. The number of hydrogen-bond donors (Lipinski definition) is 1. The molecule has 30 heavy (non-hydrogen) atoms. The van der Waals surface area contributed by atoms with Crippen LogP contribution in [0.2, 0.25) is 5.02 Å². The van der Waals surface area contributed by atoms with Gasteiger partial charge in [0.1, 0.15) is 16.6 Å². The third-order valence-corrected chi connectivity index (χ3v) is 6.75. The lowest BCUT2D eigenvalue weighted by atomic mass is 9.90. The number of rotatable bonds is 3. The summed E-state index contributed by atoms with van der Waals surface area (Å²) in [7, 11) is 0. The first kappa shape index (κ1) is 19.3. The molecule has 3 aliphatic rings. The van der Waals surface area contributed by atoms with Crippen LogP contribution in [0.1, 0.15) is 37.9 Å². The maximum Gasteiger partial charge on any atom is 0.283 e. The molecule has 0 spiro atoms. The number of carbonyl (C=O) groups is 1. The Morgan fingerprint density at radius 2 is 2.03 bits per heavy atom. The van der Waals surface area contributed by atoms with Gasteiger partial charge < -0.3 is 4.42 Å². The maximum atomic E-state index is 12.6. The van der Waals surface area contributed by atoms with Crippen molar-refractivity contribution < 1.29 is 9.21 Å². The Kier molecular flexibility index (Phi) is 5.08. The zero-order chi connectivity index (χ0) is 20.7. The summed E-state index contributed by atoms with van der Waals surface area (Å²) in [5, 5.41) is 16.7. The van der Waals surface area contributed by atoms with Gasteiger partial charge in [-0.1, -0.05) is 43.0 Å². The normalized spacial score (nSPS) is 21.1. The number of hydrazone groups is 1. The highest BCUT2D eigenvalue weighted by Crippen LogP contribution is 2.36. The second-order valence-electron chi connectivity index (χ2n) is 7.51. The summed E-state index contributed by atoms with van der Waals surface area (Å²) in [6.07, 6.45) is 7.43. The number of hydrogen-bond acceptors (Lipinski definition) is 5. The standard InChI is InChI=1S/C22H19ClN4O2S/c23-15-8-4-7-14(11-15)18-10-9-16(29-18)12-17-19(24)27-22(25-20(17)28)30-21(26-27)13-5-2-1-3-6-13/h4,7-13,24H,1-3,5-6H2/b17-12-,24-19?. The van der Waals surface area contributed by atoms with E-state index in [1.165, 1.54) is 36.0 Å². The van der Waals surface area contributed by atoms with Crippen LogP contribution in [-0.2, 0) is 4.79 Å². The molecule has 152 valence electrons. The van der Waals surface area contributed by atoms with Gasteiger partial charge >= 0.3 is 0 Å². The van der Waals surface area contributed by atoms with Gasteiger partial charge in [0.15, 0.2) is 5.84 Å². The number of amidine groups is 2. The fourth-order valence-electron chi connectivity index (χ4n) is 3.89. The van der Waals surface area contributed by atoms with Crippen molar-refractivity contribution in [2.24, 2.45) is 16.0 Å². The lowest BCUT2D eigenvalue weighted by Crippen LogP contribution is -2.35. The monoisotopic (exact) mass is 438 g/mol. The molecule has 0 atom stereocenters. The molecule has 3 heterocycles. The van der Waals surface area contributed by atoms with Gasteiger partial charge in [0, 0.05) is 16.5 Å². The van der Waals surface area contributed by atoms with Gasteiger partial charge in [0.2, 0.25) is 5.17 Å². The van der Waals surface area contributed by atoms with Crippen molar-refractivity contribution in [3.63, 3.8) is 0 Å². The first-order chi connectivity index (χ1) is 14.6. The van der Waals surface area contributed by atoms with Crippen LogP contribution in [0.3, 0.4) is 0 Å². The number of furan rings is 1. The molecule has 1 N–H and O–H groups in total. The molecule has 0 radical (unpaired) electrons. The Hall–Kier alpha value is -2.64. The van der Waals surface area contributed by atoms with Gasteiger partial charge in [0.25, 0.3) is 5.91 Å². The van der Waals surface area contributed by atoms with Crippen LogP contribution in [0.4, 0.5) is 0 Å². The van der Waals surface area contributed by atoms with E-state index in [-0.39, 0.29) is 11.4 Å². The van der Waals surface area contributed by atoms with Crippen molar-refractivity contribution in [3.8, 4) is 11.3 Å². The lowest BCUT2D eigenvalue weighted by Gasteiger charge is -2.20.